The largest absolute Gasteiger partial charge is 0.385 e. The lowest BCUT2D eigenvalue weighted by Crippen LogP contribution is -2.36. The predicted octanol–water partition coefficient (Wildman–Crippen LogP) is 0.235. The van der Waals surface area contributed by atoms with Crippen LogP contribution in [0.2, 0.25) is 0 Å². The summed E-state index contributed by atoms with van der Waals surface area (Å²) in [7, 11) is 1.67. The van der Waals surface area contributed by atoms with E-state index in [4.69, 9.17) is 4.74 Å². The van der Waals surface area contributed by atoms with Gasteiger partial charge in [-0.15, -0.1) is 0 Å². The zero-order chi connectivity index (χ0) is 10.2. The van der Waals surface area contributed by atoms with Gasteiger partial charge in [0.1, 0.15) is 0 Å². The van der Waals surface area contributed by atoms with Gasteiger partial charge < -0.3 is 10.1 Å². The second-order valence-electron chi connectivity index (χ2n) is 3.68. The molecule has 1 rings (SSSR count). The number of amides is 1. The molecule has 1 fully saturated rings. The number of methoxy groups -OCH3 is 1. The van der Waals surface area contributed by atoms with E-state index in [0.29, 0.717) is 13.2 Å². The molecule has 1 amide bonds. The molecule has 1 saturated heterocycles. The van der Waals surface area contributed by atoms with Crippen molar-refractivity contribution in [1.29, 1.82) is 0 Å². The SMILES string of the molecule is COCCCNC(=O)CN1CCCC1. The number of hydrogen-bond donors (Lipinski definition) is 1. The highest BCUT2D eigenvalue weighted by Gasteiger charge is 2.14. The Balaban J connectivity index is 1.98. The monoisotopic (exact) mass is 200 g/mol. The number of carbonyl (C=O) groups excluding carboxylic acids is 1. The quantitative estimate of drug-likeness (QED) is 0.624. The Morgan fingerprint density at radius 1 is 1.43 bits per heavy atom. The molecule has 0 aromatic rings. The van der Waals surface area contributed by atoms with Gasteiger partial charge in [0.2, 0.25) is 5.91 Å². The lowest BCUT2D eigenvalue weighted by atomic mass is 10.4. The van der Waals surface area contributed by atoms with Crippen molar-refractivity contribution in [2.45, 2.75) is 19.3 Å². The first kappa shape index (κ1) is 11.5. The van der Waals surface area contributed by atoms with Gasteiger partial charge in [-0.05, 0) is 32.4 Å². The predicted molar refractivity (Wildman–Crippen MR) is 55.2 cm³/mol. The fourth-order valence-corrected chi connectivity index (χ4v) is 1.64. The van der Waals surface area contributed by atoms with Crippen LogP contribution in [0.3, 0.4) is 0 Å². The van der Waals surface area contributed by atoms with E-state index in [1.165, 1.54) is 12.8 Å². The Morgan fingerprint density at radius 2 is 2.14 bits per heavy atom. The Bertz CT molecular complexity index is 168. The molecule has 0 radical (unpaired) electrons. The summed E-state index contributed by atoms with van der Waals surface area (Å²) in [6, 6.07) is 0. The summed E-state index contributed by atoms with van der Waals surface area (Å²) in [6.45, 7) is 4.15. The van der Waals surface area contributed by atoms with E-state index < -0.39 is 0 Å². The van der Waals surface area contributed by atoms with E-state index in [9.17, 15) is 4.79 Å². The molecule has 1 aliphatic heterocycles. The molecule has 14 heavy (non-hydrogen) atoms. The topological polar surface area (TPSA) is 41.6 Å². The van der Waals surface area contributed by atoms with Gasteiger partial charge >= 0.3 is 0 Å². The Kier molecular flexibility index (Phi) is 5.56. The summed E-state index contributed by atoms with van der Waals surface area (Å²) in [5, 5.41) is 2.88. The summed E-state index contributed by atoms with van der Waals surface area (Å²) in [5.41, 5.74) is 0. The molecule has 1 heterocycles. The third-order valence-corrected chi connectivity index (χ3v) is 2.41. The highest BCUT2D eigenvalue weighted by atomic mass is 16.5. The van der Waals surface area contributed by atoms with Gasteiger partial charge in [-0.2, -0.15) is 0 Å². The third kappa shape index (κ3) is 4.58. The molecule has 0 unspecified atom stereocenters. The lowest BCUT2D eigenvalue weighted by molar-refractivity contribution is -0.122. The summed E-state index contributed by atoms with van der Waals surface area (Å²) in [6.07, 6.45) is 3.36. The molecule has 4 nitrogen and oxygen atoms in total. The second-order valence-corrected chi connectivity index (χ2v) is 3.68. The van der Waals surface area contributed by atoms with Crippen molar-refractivity contribution in [1.82, 2.24) is 10.2 Å². The first-order valence-corrected chi connectivity index (χ1v) is 5.31. The maximum atomic E-state index is 11.4. The summed E-state index contributed by atoms with van der Waals surface area (Å²) >= 11 is 0. The van der Waals surface area contributed by atoms with Crippen molar-refractivity contribution >= 4 is 5.91 Å². The molecule has 0 aromatic heterocycles. The normalized spacial score (nSPS) is 17.2. The van der Waals surface area contributed by atoms with Crippen LogP contribution in [-0.2, 0) is 9.53 Å². The summed E-state index contributed by atoms with van der Waals surface area (Å²) in [4.78, 5) is 13.6. The minimum atomic E-state index is 0.142. The second kappa shape index (κ2) is 6.79. The molecule has 0 atom stereocenters. The van der Waals surface area contributed by atoms with E-state index in [1.807, 2.05) is 0 Å². The average Bonchev–Trinajstić information content (AvgIpc) is 2.65. The van der Waals surface area contributed by atoms with Gasteiger partial charge in [0.05, 0.1) is 6.54 Å². The van der Waals surface area contributed by atoms with Crippen molar-refractivity contribution < 1.29 is 9.53 Å². The van der Waals surface area contributed by atoms with Gasteiger partial charge in [-0.1, -0.05) is 0 Å². The van der Waals surface area contributed by atoms with Gasteiger partial charge in [0.25, 0.3) is 0 Å². The van der Waals surface area contributed by atoms with Gasteiger partial charge in [0.15, 0.2) is 0 Å². The van der Waals surface area contributed by atoms with Crippen LogP contribution < -0.4 is 5.32 Å². The summed E-state index contributed by atoms with van der Waals surface area (Å²) < 4.78 is 4.90. The Morgan fingerprint density at radius 3 is 2.79 bits per heavy atom. The smallest absolute Gasteiger partial charge is 0.234 e. The van der Waals surface area contributed by atoms with Crippen LogP contribution in [0.1, 0.15) is 19.3 Å². The minimum Gasteiger partial charge on any atom is -0.385 e. The first-order valence-electron chi connectivity index (χ1n) is 5.31. The molecular weight excluding hydrogens is 180 g/mol. The molecule has 0 saturated carbocycles. The number of hydrogen-bond acceptors (Lipinski definition) is 3. The number of nitrogens with one attached hydrogen (secondary N) is 1. The van der Waals surface area contributed by atoms with Crippen LogP contribution in [-0.4, -0.2) is 50.7 Å². The molecule has 0 bridgehead atoms. The van der Waals surface area contributed by atoms with E-state index in [0.717, 1.165) is 26.1 Å². The lowest BCUT2D eigenvalue weighted by Gasteiger charge is -2.13. The molecule has 0 aliphatic carbocycles. The zero-order valence-corrected chi connectivity index (χ0v) is 8.92. The number of ether oxygens (including phenoxy) is 1. The number of likely N-dealkylation sites (tertiary alicyclic amines) is 1. The van der Waals surface area contributed by atoms with Gasteiger partial charge in [-0.3, -0.25) is 9.69 Å². The van der Waals surface area contributed by atoms with E-state index >= 15 is 0 Å². The van der Waals surface area contributed by atoms with Crippen molar-refractivity contribution in [3.63, 3.8) is 0 Å². The van der Waals surface area contributed by atoms with Crippen LogP contribution in [0, 0.1) is 0 Å². The number of rotatable bonds is 6. The molecule has 1 aliphatic rings. The van der Waals surface area contributed by atoms with Crippen molar-refractivity contribution in [2.24, 2.45) is 0 Å². The standard InChI is InChI=1S/C10H20N2O2/c1-14-8-4-5-11-10(13)9-12-6-2-3-7-12/h2-9H2,1H3,(H,11,13). The number of carbonyl (C=O) groups is 1. The maximum absolute atomic E-state index is 11.4. The molecule has 1 N–H and O–H groups in total. The van der Waals surface area contributed by atoms with Gasteiger partial charge in [0, 0.05) is 20.3 Å². The molecular formula is C10H20N2O2. The molecule has 82 valence electrons. The van der Waals surface area contributed by atoms with Crippen molar-refractivity contribution in [3.05, 3.63) is 0 Å². The van der Waals surface area contributed by atoms with Crippen LogP contribution in [0.15, 0.2) is 0 Å². The minimum absolute atomic E-state index is 0.142. The van der Waals surface area contributed by atoms with E-state index in [1.54, 1.807) is 7.11 Å². The Labute approximate surface area is 85.6 Å². The average molecular weight is 200 g/mol. The highest BCUT2D eigenvalue weighted by Crippen LogP contribution is 2.05. The van der Waals surface area contributed by atoms with Crippen LogP contribution >= 0.6 is 0 Å². The maximum Gasteiger partial charge on any atom is 0.234 e. The van der Waals surface area contributed by atoms with E-state index in [2.05, 4.69) is 10.2 Å². The van der Waals surface area contributed by atoms with Crippen LogP contribution in [0.25, 0.3) is 0 Å². The van der Waals surface area contributed by atoms with Crippen molar-refractivity contribution in [3.8, 4) is 0 Å². The van der Waals surface area contributed by atoms with E-state index in [-0.39, 0.29) is 5.91 Å². The summed E-state index contributed by atoms with van der Waals surface area (Å²) in [5.74, 6) is 0.142. The van der Waals surface area contributed by atoms with Crippen LogP contribution in [0.4, 0.5) is 0 Å². The van der Waals surface area contributed by atoms with Crippen LogP contribution in [0.5, 0.6) is 0 Å². The molecule has 0 aromatic carbocycles. The zero-order valence-electron chi connectivity index (χ0n) is 8.92. The van der Waals surface area contributed by atoms with Crippen molar-refractivity contribution in [2.75, 3.05) is 39.9 Å². The highest BCUT2D eigenvalue weighted by molar-refractivity contribution is 5.77. The Hall–Kier alpha value is -0.610. The molecule has 4 heteroatoms. The third-order valence-electron chi connectivity index (χ3n) is 2.41. The first-order chi connectivity index (χ1) is 6.83. The fourth-order valence-electron chi connectivity index (χ4n) is 1.64. The number of nitrogens with zero attached hydrogens (tertiary/aromatic N) is 1. The fraction of sp³-hybridized carbons (Fsp3) is 0.900. The van der Waals surface area contributed by atoms with Gasteiger partial charge in [-0.25, -0.2) is 0 Å². The molecule has 0 spiro atoms.